The van der Waals surface area contributed by atoms with E-state index in [0.29, 0.717) is 29.8 Å². The number of carbonyl (C=O) groups is 1. The fourth-order valence-corrected chi connectivity index (χ4v) is 4.19. The van der Waals surface area contributed by atoms with Crippen molar-refractivity contribution in [3.63, 3.8) is 0 Å². The van der Waals surface area contributed by atoms with E-state index in [4.69, 9.17) is 4.74 Å². The Morgan fingerprint density at radius 3 is 2.52 bits per heavy atom. The summed E-state index contributed by atoms with van der Waals surface area (Å²) in [5.41, 5.74) is 0. The molecule has 0 aromatic rings. The number of hydrogen-bond donors (Lipinski definition) is 1. The minimum Gasteiger partial charge on any atom is -0.381 e. The molecule has 0 spiro atoms. The second-order valence-corrected chi connectivity index (χ2v) is 7.04. The zero-order valence-corrected chi connectivity index (χ0v) is 13.9. The minimum absolute atomic E-state index is 0. The second-order valence-electron chi connectivity index (χ2n) is 7.04. The van der Waals surface area contributed by atoms with E-state index in [9.17, 15) is 4.79 Å². The van der Waals surface area contributed by atoms with Gasteiger partial charge in [0.2, 0.25) is 5.91 Å². The van der Waals surface area contributed by atoms with Gasteiger partial charge in [-0.1, -0.05) is 0 Å². The zero-order chi connectivity index (χ0) is 13.9. The molecule has 1 amide bonds. The molecule has 0 aromatic carbocycles. The standard InChI is InChI=1S/C16H28N2O2.ClH/c1-18(10-12-3-2-6-20-11-12)16(19)9-13-7-14-4-5-15(8-13)17-14;/h12-15,17H,2-11H2,1H3;1H. The summed E-state index contributed by atoms with van der Waals surface area (Å²) < 4.78 is 5.50. The predicted octanol–water partition coefficient (Wildman–Crippen LogP) is 2.21. The van der Waals surface area contributed by atoms with Gasteiger partial charge in [0, 0.05) is 38.7 Å². The van der Waals surface area contributed by atoms with Gasteiger partial charge in [0.1, 0.15) is 0 Å². The zero-order valence-electron chi connectivity index (χ0n) is 13.1. The lowest BCUT2D eigenvalue weighted by atomic mass is 9.89. The summed E-state index contributed by atoms with van der Waals surface area (Å²) in [6.45, 7) is 2.60. The summed E-state index contributed by atoms with van der Waals surface area (Å²) in [5.74, 6) is 1.48. The van der Waals surface area contributed by atoms with Crippen molar-refractivity contribution < 1.29 is 9.53 Å². The summed E-state index contributed by atoms with van der Waals surface area (Å²) in [6.07, 6.45) is 8.11. The van der Waals surface area contributed by atoms with Crippen LogP contribution in [0.3, 0.4) is 0 Å². The maximum atomic E-state index is 12.4. The van der Waals surface area contributed by atoms with Gasteiger partial charge in [-0.15, -0.1) is 12.4 Å². The highest BCUT2D eigenvalue weighted by molar-refractivity contribution is 5.85. The first-order valence-electron chi connectivity index (χ1n) is 8.28. The van der Waals surface area contributed by atoms with Crippen LogP contribution in [0.2, 0.25) is 0 Å². The maximum absolute atomic E-state index is 12.4. The van der Waals surface area contributed by atoms with Gasteiger partial charge in [0.05, 0.1) is 6.61 Å². The van der Waals surface area contributed by atoms with Crippen molar-refractivity contribution >= 4 is 18.3 Å². The Hall–Kier alpha value is -0.320. The highest BCUT2D eigenvalue weighted by Crippen LogP contribution is 2.33. The molecule has 0 aromatic heterocycles. The topological polar surface area (TPSA) is 41.6 Å². The van der Waals surface area contributed by atoms with Crippen molar-refractivity contribution in [3.05, 3.63) is 0 Å². The summed E-state index contributed by atoms with van der Waals surface area (Å²) >= 11 is 0. The highest BCUT2D eigenvalue weighted by atomic mass is 35.5. The Kier molecular flexibility index (Phi) is 6.33. The Labute approximate surface area is 134 Å². The summed E-state index contributed by atoms with van der Waals surface area (Å²) in [7, 11) is 1.96. The second kappa shape index (κ2) is 7.80. The Morgan fingerprint density at radius 1 is 1.19 bits per heavy atom. The number of hydrogen-bond acceptors (Lipinski definition) is 3. The monoisotopic (exact) mass is 316 g/mol. The summed E-state index contributed by atoms with van der Waals surface area (Å²) in [5, 5.41) is 3.65. The first kappa shape index (κ1) is 17.0. The molecule has 2 bridgehead atoms. The van der Waals surface area contributed by atoms with Gasteiger partial charge >= 0.3 is 0 Å². The van der Waals surface area contributed by atoms with E-state index in [-0.39, 0.29) is 12.4 Å². The number of piperidine rings is 1. The van der Waals surface area contributed by atoms with Crippen LogP contribution in [0.15, 0.2) is 0 Å². The minimum atomic E-state index is 0. The van der Waals surface area contributed by atoms with Gasteiger partial charge in [-0.05, 0) is 50.4 Å². The number of halogens is 1. The van der Waals surface area contributed by atoms with Gasteiger partial charge in [-0.2, -0.15) is 0 Å². The van der Waals surface area contributed by atoms with Crippen LogP contribution in [-0.4, -0.2) is 49.7 Å². The first-order chi connectivity index (χ1) is 9.70. The molecule has 3 rings (SSSR count). The number of nitrogens with one attached hydrogen (secondary N) is 1. The van der Waals surface area contributed by atoms with E-state index in [1.165, 1.54) is 32.1 Å². The van der Waals surface area contributed by atoms with Crippen LogP contribution < -0.4 is 5.32 Å². The van der Waals surface area contributed by atoms with Crippen molar-refractivity contribution in [2.45, 2.75) is 57.0 Å². The molecule has 3 atom stereocenters. The van der Waals surface area contributed by atoms with Gasteiger partial charge in [-0.25, -0.2) is 0 Å². The van der Waals surface area contributed by atoms with Crippen LogP contribution in [0.4, 0.5) is 0 Å². The van der Waals surface area contributed by atoms with Crippen molar-refractivity contribution in [2.24, 2.45) is 11.8 Å². The highest BCUT2D eigenvalue weighted by Gasteiger charge is 2.34. The quantitative estimate of drug-likeness (QED) is 0.864. The maximum Gasteiger partial charge on any atom is 0.222 e. The van der Waals surface area contributed by atoms with Gasteiger partial charge in [-0.3, -0.25) is 4.79 Å². The SMILES string of the molecule is CN(CC1CCCOC1)C(=O)CC1CC2CCC(C1)N2.Cl. The molecule has 0 saturated carbocycles. The molecule has 3 aliphatic heterocycles. The van der Waals surface area contributed by atoms with E-state index in [1.54, 1.807) is 0 Å². The van der Waals surface area contributed by atoms with Crippen LogP contribution in [0.5, 0.6) is 0 Å². The van der Waals surface area contributed by atoms with Gasteiger partial charge in [0.15, 0.2) is 0 Å². The number of carbonyl (C=O) groups excluding carboxylic acids is 1. The molecular formula is C16H29ClN2O2. The third-order valence-corrected chi connectivity index (χ3v) is 5.25. The largest absolute Gasteiger partial charge is 0.381 e. The number of rotatable bonds is 4. The molecule has 3 fully saturated rings. The molecule has 3 saturated heterocycles. The molecule has 3 aliphatic rings. The molecule has 122 valence electrons. The Morgan fingerprint density at radius 2 is 1.90 bits per heavy atom. The number of nitrogens with zero attached hydrogens (tertiary/aromatic N) is 1. The third-order valence-electron chi connectivity index (χ3n) is 5.25. The molecule has 0 aliphatic carbocycles. The summed E-state index contributed by atoms with van der Waals surface area (Å²) in [6, 6.07) is 1.37. The van der Waals surface area contributed by atoms with E-state index < -0.39 is 0 Å². The van der Waals surface area contributed by atoms with Gasteiger partial charge in [0.25, 0.3) is 0 Å². The molecule has 3 unspecified atom stereocenters. The number of ether oxygens (including phenoxy) is 1. The smallest absolute Gasteiger partial charge is 0.222 e. The van der Waals surface area contributed by atoms with E-state index in [0.717, 1.165) is 32.6 Å². The number of amides is 1. The van der Waals surface area contributed by atoms with E-state index >= 15 is 0 Å². The molecule has 1 N–H and O–H groups in total. The molecule has 3 heterocycles. The van der Waals surface area contributed by atoms with Crippen molar-refractivity contribution in [3.8, 4) is 0 Å². The molecule has 21 heavy (non-hydrogen) atoms. The van der Waals surface area contributed by atoms with Crippen molar-refractivity contribution in [1.29, 1.82) is 0 Å². The van der Waals surface area contributed by atoms with Gasteiger partial charge < -0.3 is 15.0 Å². The van der Waals surface area contributed by atoms with E-state index in [2.05, 4.69) is 5.32 Å². The summed E-state index contributed by atoms with van der Waals surface area (Å²) in [4.78, 5) is 14.3. The molecular weight excluding hydrogens is 288 g/mol. The average Bonchev–Trinajstić information content (AvgIpc) is 2.79. The molecule has 4 nitrogen and oxygen atoms in total. The fourth-order valence-electron chi connectivity index (χ4n) is 4.19. The van der Waals surface area contributed by atoms with Crippen molar-refractivity contribution in [1.82, 2.24) is 10.2 Å². The normalized spacial score (nSPS) is 35.1. The van der Waals surface area contributed by atoms with Crippen LogP contribution in [-0.2, 0) is 9.53 Å². The van der Waals surface area contributed by atoms with Crippen LogP contribution in [0, 0.1) is 11.8 Å². The Bertz CT molecular complexity index is 335. The third kappa shape index (κ3) is 4.57. The Balaban J connectivity index is 0.00000161. The molecule has 0 radical (unpaired) electrons. The van der Waals surface area contributed by atoms with E-state index in [1.807, 2.05) is 11.9 Å². The van der Waals surface area contributed by atoms with Crippen LogP contribution in [0.1, 0.15) is 44.9 Å². The first-order valence-corrected chi connectivity index (χ1v) is 8.28. The lowest BCUT2D eigenvalue weighted by Crippen LogP contribution is -2.41. The lowest BCUT2D eigenvalue weighted by Gasteiger charge is -2.31. The van der Waals surface area contributed by atoms with Crippen molar-refractivity contribution in [2.75, 3.05) is 26.8 Å². The van der Waals surface area contributed by atoms with Crippen LogP contribution >= 0.6 is 12.4 Å². The fraction of sp³-hybridized carbons (Fsp3) is 0.938. The van der Waals surface area contributed by atoms with Crippen LogP contribution in [0.25, 0.3) is 0 Å². The lowest BCUT2D eigenvalue weighted by molar-refractivity contribution is -0.132. The predicted molar refractivity (Wildman–Crippen MR) is 85.7 cm³/mol. The average molecular weight is 317 g/mol. The number of fused-ring (bicyclic) bond motifs is 2. The molecule has 5 heteroatoms.